The van der Waals surface area contributed by atoms with E-state index in [0.29, 0.717) is 32.1 Å². The van der Waals surface area contributed by atoms with Crippen molar-refractivity contribution in [2.24, 2.45) is 5.92 Å². The lowest BCUT2D eigenvalue weighted by Gasteiger charge is -2.31. The van der Waals surface area contributed by atoms with Crippen molar-refractivity contribution >= 4 is 63.8 Å². The van der Waals surface area contributed by atoms with Gasteiger partial charge in [0.15, 0.2) is 0 Å². The highest BCUT2D eigenvalue weighted by Gasteiger charge is 2.56. The summed E-state index contributed by atoms with van der Waals surface area (Å²) in [6.45, 7) is 6.14. The number of imide groups is 1. The van der Waals surface area contributed by atoms with E-state index in [0.717, 1.165) is 22.5 Å². The van der Waals surface area contributed by atoms with Gasteiger partial charge in [0.25, 0.3) is 0 Å². The molecule has 2 aliphatic heterocycles. The van der Waals surface area contributed by atoms with Crippen molar-refractivity contribution in [2.75, 3.05) is 17.3 Å². The Labute approximate surface area is 268 Å². The van der Waals surface area contributed by atoms with Crippen molar-refractivity contribution in [3.8, 4) is 5.75 Å². The van der Waals surface area contributed by atoms with Gasteiger partial charge in [0.2, 0.25) is 17.7 Å². The topological polar surface area (TPSA) is 97.7 Å². The molecular weight excluding hydrogens is 618 g/mol. The molecule has 4 aromatic rings. The molecule has 1 aromatic heterocycles. The van der Waals surface area contributed by atoms with Crippen LogP contribution in [0.5, 0.6) is 5.75 Å². The van der Waals surface area contributed by atoms with Crippen LogP contribution in [0, 0.1) is 5.92 Å². The molecule has 1 fully saturated rings. The maximum Gasteiger partial charge on any atom is 0.308 e. The van der Waals surface area contributed by atoms with Crippen LogP contribution >= 0.6 is 34.7 Å². The van der Waals surface area contributed by atoms with Gasteiger partial charge in [-0.1, -0.05) is 79.7 Å². The van der Waals surface area contributed by atoms with E-state index in [2.05, 4.69) is 26.1 Å². The van der Waals surface area contributed by atoms with Gasteiger partial charge < -0.3 is 10.1 Å². The van der Waals surface area contributed by atoms with Gasteiger partial charge in [-0.05, 0) is 65.1 Å². The van der Waals surface area contributed by atoms with E-state index in [4.69, 9.17) is 16.3 Å². The summed E-state index contributed by atoms with van der Waals surface area (Å²) in [6.07, 6.45) is 0. The van der Waals surface area contributed by atoms with Gasteiger partial charge in [0.1, 0.15) is 17.5 Å². The highest BCUT2D eigenvalue weighted by molar-refractivity contribution is 8.00. The number of ether oxygens (including phenoxy) is 1. The van der Waals surface area contributed by atoms with E-state index in [-0.39, 0.29) is 28.6 Å². The third-order valence-electron chi connectivity index (χ3n) is 7.95. The number of halogens is 1. The summed E-state index contributed by atoms with van der Waals surface area (Å²) in [4.78, 5) is 56.2. The van der Waals surface area contributed by atoms with Crippen molar-refractivity contribution in [3.05, 3.63) is 103 Å². The van der Waals surface area contributed by atoms with E-state index in [1.807, 2.05) is 24.3 Å². The first-order valence-corrected chi connectivity index (χ1v) is 16.1. The molecule has 3 atom stereocenters. The Balaban J connectivity index is 1.41. The smallest absolute Gasteiger partial charge is 0.308 e. The highest BCUT2D eigenvalue weighted by Crippen LogP contribution is 2.54. The Morgan fingerprint density at radius 2 is 1.59 bits per heavy atom. The standard InChI is InChI=1S/C33H30ClN3O5S2/c1-33(2,3)19-7-5-18(6-8-19)25-26-27(30(40)37(29(26)39)22-13-15-23(42-4)16-14-22)43-31-28(25)44-32(41)36(31)17-24(38)35-21-11-9-20(34)10-12-21/h5-16,25-27H,17H2,1-4H3,(H,35,38)/t25-,26-,27+/m0/s1. The average molecular weight is 648 g/mol. The van der Waals surface area contributed by atoms with Crippen molar-refractivity contribution in [3.63, 3.8) is 0 Å². The molecule has 6 rings (SSSR count). The number of carbonyl (C=O) groups is 3. The zero-order valence-electron chi connectivity index (χ0n) is 24.5. The molecule has 0 saturated carbocycles. The maximum atomic E-state index is 14.1. The number of hydrogen-bond acceptors (Lipinski definition) is 7. The third-order valence-corrected chi connectivity index (χ3v) is 10.8. The zero-order valence-corrected chi connectivity index (χ0v) is 26.9. The summed E-state index contributed by atoms with van der Waals surface area (Å²) in [5, 5.41) is 3.11. The fourth-order valence-electron chi connectivity index (χ4n) is 5.67. The van der Waals surface area contributed by atoms with Crippen molar-refractivity contribution < 1.29 is 19.1 Å². The molecule has 3 aromatic carbocycles. The number of hydrogen-bond donors (Lipinski definition) is 1. The second kappa shape index (κ2) is 11.6. The van der Waals surface area contributed by atoms with Gasteiger partial charge >= 0.3 is 4.87 Å². The molecule has 3 amide bonds. The van der Waals surface area contributed by atoms with Crippen LogP contribution in [-0.2, 0) is 26.3 Å². The van der Waals surface area contributed by atoms with Crippen molar-refractivity contribution in [1.82, 2.24) is 4.57 Å². The van der Waals surface area contributed by atoms with Crippen LogP contribution in [0.15, 0.2) is 82.6 Å². The lowest BCUT2D eigenvalue weighted by molar-refractivity contribution is -0.122. The fraction of sp³-hybridized carbons (Fsp3) is 0.273. The Morgan fingerprint density at radius 3 is 2.20 bits per heavy atom. The first-order valence-electron chi connectivity index (χ1n) is 14.0. The molecule has 2 aliphatic rings. The van der Waals surface area contributed by atoms with Crippen molar-refractivity contribution in [1.29, 1.82) is 0 Å². The minimum absolute atomic E-state index is 0.0788. The number of fused-ring (bicyclic) bond motifs is 2. The molecule has 11 heteroatoms. The first kappa shape index (κ1) is 30.2. The van der Waals surface area contributed by atoms with E-state index in [1.165, 1.54) is 21.2 Å². The number of thioether (sulfide) groups is 1. The van der Waals surface area contributed by atoms with Crippen LogP contribution in [0.3, 0.4) is 0 Å². The predicted octanol–water partition coefficient (Wildman–Crippen LogP) is 6.30. The first-order chi connectivity index (χ1) is 21.0. The average Bonchev–Trinajstić information content (AvgIpc) is 3.44. The maximum absolute atomic E-state index is 14.1. The van der Waals surface area contributed by atoms with E-state index < -0.39 is 23.0 Å². The second-order valence-electron chi connectivity index (χ2n) is 11.8. The number of benzene rings is 3. The quantitative estimate of drug-likeness (QED) is 0.247. The Bertz CT molecular complexity index is 1810. The molecule has 0 bridgehead atoms. The van der Waals surface area contributed by atoms with Gasteiger partial charge in [-0.3, -0.25) is 23.7 Å². The summed E-state index contributed by atoms with van der Waals surface area (Å²) in [6, 6.07) is 21.5. The number of methoxy groups -OCH3 is 1. The summed E-state index contributed by atoms with van der Waals surface area (Å²) >= 11 is 8.18. The number of thiazole rings is 1. The molecule has 0 aliphatic carbocycles. The predicted molar refractivity (Wildman–Crippen MR) is 174 cm³/mol. The lowest BCUT2D eigenvalue weighted by atomic mass is 9.81. The molecule has 0 radical (unpaired) electrons. The second-order valence-corrected chi connectivity index (χ2v) is 14.4. The Kier molecular flexibility index (Phi) is 7.94. The van der Waals surface area contributed by atoms with Crippen LogP contribution in [0.4, 0.5) is 11.4 Å². The molecule has 44 heavy (non-hydrogen) atoms. The summed E-state index contributed by atoms with van der Waals surface area (Å²) in [5.41, 5.74) is 2.89. The monoisotopic (exact) mass is 647 g/mol. The molecule has 1 N–H and O–H groups in total. The Morgan fingerprint density at radius 1 is 0.932 bits per heavy atom. The largest absolute Gasteiger partial charge is 0.497 e. The molecule has 0 unspecified atom stereocenters. The van der Waals surface area contributed by atoms with E-state index in [9.17, 15) is 19.2 Å². The fourth-order valence-corrected chi connectivity index (χ4v) is 8.57. The number of nitrogens with one attached hydrogen (secondary N) is 1. The third kappa shape index (κ3) is 5.46. The number of aromatic nitrogens is 1. The minimum Gasteiger partial charge on any atom is -0.497 e. The number of carbonyl (C=O) groups excluding carboxylic acids is 3. The molecule has 0 spiro atoms. The molecular formula is C33H30ClN3O5S2. The zero-order chi connectivity index (χ0) is 31.3. The van der Waals surface area contributed by atoms with E-state index >= 15 is 0 Å². The molecule has 226 valence electrons. The van der Waals surface area contributed by atoms with Gasteiger partial charge in [-0.25, -0.2) is 4.90 Å². The van der Waals surface area contributed by atoms with Gasteiger partial charge in [0, 0.05) is 21.5 Å². The molecule has 3 heterocycles. The molecule has 1 saturated heterocycles. The van der Waals surface area contributed by atoms with Crippen LogP contribution in [0.25, 0.3) is 0 Å². The normalized spacial score (nSPS) is 19.5. The minimum atomic E-state index is -0.774. The van der Waals surface area contributed by atoms with Crippen LogP contribution in [-0.4, -0.2) is 34.6 Å². The van der Waals surface area contributed by atoms with E-state index in [1.54, 1.807) is 55.6 Å². The SMILES string of the molecule is COc1ccc(N2C(=O)[C@H]3[C@H](c4ccc(C(C)(C)C)cc4)c4sc(=O)n(CC(=O)Nc5ccc(Cl)cc5)c4S[C@H]3C2=O)cc1. The number of amides is 3. The Hall–Kier alpha value is -3.86. The number of nitrogens with zero attached hydrogens (tertiary/aromatic N) is 2. The van der Waals surface area contributed by atoms with Gasteiger partial charge in [-0.2, -0.15) is 0 Å². The summed E-state index contributed by atoms with van der Waals surface area (Å²) in [5.74, 6) is -1.72. The van der Waals surface area contributed by atoms with Crippen molar-refractivity contribution in [2.45, 2.75) is 48.9 Å². The number of rotatable bonds is 6. The van der Waals surface area contributed by atoms with Crippen LogP contribution < -0.4 is 19.8 Å². The highest BCUT2D eigenvalue weighted by atomic mass is 35.5. The van der Waals surface area contributed by atoms with Gasteiger partial charge in [-0.15, -0.1) is 0 Å². The van der Waals surface area contributed by atoms with Crippen LogP contribution in [0.2, 0.25) is 5.02 Å². The van der Waals surface area contributed by atoms with Gasteiger partial charge in [0.05, 0.1) is 23.7 Å². The number of anilines is 2. The van der Waals surface area contributed by atoms with Crippen LogP contribution in [0.1, 0.15) is 42.7 Å². The molecule has 8 nitrogen and oxygen atoms in total. The summed E-state index contributed by atoms with van der Waals surface area (Å²) in [7, 11) is 1.55. The lowest BCUT2D eigenvalue weighted by Crippen LogP contribution is -2.33. The summed E-state index contributed by atoms with van der Waals surface area (Å²) < 4.78 is 6.67.